The van der Waals surface area contributed by atoms with Gasteiger partial charge in [-0.3, -0.25) is 9.59 Å². The smallest absolute Gasteiger partial charge is 0.300 e. The molecule has 15 heavy (non-hydrogen) atoms. The molecule has 0 saturated heterocycles. The molecule has 0 radical (unpaired) electrons. The number of carbonyl (C=O) groups is 2. The van der Waals surface area contributed by atoms with Crippen LogP contribution in [-0.4, -0.2) is 35.4 Å². The zero-order valence-electron chi connectivity index (χ0n) is 9.10. The molecular formula is C10H18O5. The summed E-state index contributed by atoms with van der Waals surface area (Å²) in [4.78, 5) is 18.0. The Balaban J connectivity index is -0.000000155. The molecule has 88 valence electrons. The SMILES string of the molecule is C=CCOCC=C.CC(=O)O.CC(=O)O. The molecule has 5 nitrogen and oxygen atoms in total. The first kappa shape index (κ1) is 19.0. The van der Waals surface area contributed by atoms with Crippen molar-refractivity contribution in [2.24, 2.45) is 0 Å². The van der Waals surface area contributed by atoms with E-state index in [1.807, 2.05) is 0 Å². The highest BCUT2D eigenvalue weighted by atomic mass is 16.5. The van der Waals surface area contributed by atoms with E-state index in [9.17, 15) is 0 Å². The number of rotatable bonds is 4. The Kier molecular flexibility index (Phi) is 23.1. The van der Waals surface area contributed by atoms with Crippen molar-refractivity contribution in [3.63, 3.8) is 0 Å². The highest BCUT2D eigenvalue weighted by molar-refractivity contribution is 5.63. The van der Waals surface area contributed by atoms with Crippen LogP contribution in [0.4, 0.5) is 0 Å². The first-order valence-corrected chi connectivity index (χ1v) is 4.07. The minimum atomic E-state index is -0.833. The fourth-order valence-electron chi connectivity index (χ4n) is 0.235. The number of carboxylic acid groups (broad SMARTS) is 2. The van der Waals surface area contributed by atoms with Gasteiger partial charge in [-0.25, -0.2) is 0 Å². The fraction of sp³-hybridized carbons (Fsp3) is 0.400. The molecular weight excluding hydrogens is 200 g/mol. The Bertz CT molecular complexity index is 158. The van der Waals surface area contributed by atoms with E-state index in [0.29, 0.717) is 13.2 Å². The number of ether oxygens (including phenoxy) is 1. The van der Waals surface area contributed by atoms with E-state index in [1.165, 1.54) is 0 Å². The Hall–Kier alpha value is -1.62. The largest absolute Gasteiger partial charge is 0.481 e. The predicted octanol–water partition coefficient (Wildman–Crippen LogP) is 1.56. The third-order valence-electron chi connectivity index (χ3n) is 0.471. The summed E-state index contributed by atoms with van der Waals surface area (Å²) >= 11 is 0. The van der Waals surface area contributed by atoms with Crippen LogP contribution in [0.25, 0.3) is 0 Å². The predicted molar refractivity (Wildman–Crippen MR) is 57.8 cm³/mol. The molecule has 0 aromatic carbocycles. The maximum atomic E-state index is 9.00. The van der Waals surface area contributed by atoms with Gasteiger partial charge in [-0.2, -0.15) is 0 Å². The van der Waals surface area contributed by atoms with Crippen molar-refractivity contribution in [2.45, 2.75) is 13.8 Å². The molecule has 0 amide bonds. The number of hydrogen-bond acceptors (Lipinski definition) is 3. The van der Waals surface area contributed by atoms with Crippen LogP contribution in [0.5, 0.6) is 0 Å². The van der Waals surface area contributed by atoms with Gasteiger partial charge in [0.1, 0.15) is 0 Å². The molecule has 0 aromatic heterocycles. The molecule has 0 saturated carbocycles. The first-order valence-electron chi connectivity index (χ1n) is 4.07. The van der Waals surface area contributed by atoms with Crippen LogP contribution in [0.15, 0.2) is 25.3 Å². The molecule has 0 heterocycles. The van der Waals surface area contributed by atoms with E-state index >= 15 is 0 Å². The fourth-order valence-corrected chi connectivity index (χ4v) is 0.235. The van der Waals surface area contributed by atoms with Gasteiger partial charge in [0.25, 0.3) is 11.9 Å². The van der Waals surface area contributed by atoms with E-state index in [2.05, 4.69) is 13.2 Å². The summed E-state index contributed by atoms with van der Waals surface area (Å²) in [5.74, 6) is -1.67. The Morgan fingerprint density at radius 1 is 1.07 bits per heavy atom. The second-order valence-corrected chi connectivity index (χ2v) is 2.15. The van der Waals surface area contributed by atoms with Crippen molar-refractivity contribution in [1.82, 2.24) is 0 Å². The maximum Gasteiger partial charge on any atom is 0.300 e. The average Bonchev–Trinajstić information content (AvgIpc) is 2.03. The van der Waals surface area contributed by atoms with E-state index in [0.717, 1.165) is 13.8 Å². The third kappa shape index (κ3) is 235. The summed E-state index contributed by atoms with van der Waals surface area (Å²) in [6.45, 7) is 10.3. The summed E-state index contributed by atoms with van der Waals surface area (Å²) in [6.07, 6.45) is 3.42. The summed E-state index contributed by atoms with van der Waals surface area (Å²) in [6, 6.07) is 0. The zero-order valence-corrected chi connectivity index (χ0v) is 9.10. The second kappa shape index (κ2) is 18.2. The molecule has 0 aromatic rings. The minimum Gasteiger partial charge on any atom is -0.481 e. The third-order valence-corrected chi connectivity index (χ3v) is 0.471. The average molecular weight is 218 g/mol. The van der Waals surface area contributed by atoms with Gasteiger partial charge in [0.2, 0.25) is 0 Å². The topological polar surface area (TPSA) is 83.8 Å². The number of hydrogen-bond donors (Lipinski definition) is 2. The van der Waals surface area contributed by atoms with E-state index in [-0.39, 0.29) is 0 Å². The van der Waals surface area contributed by atoms with Gasteiger partial charge < -0.3 is 14.9 Å². The molecule has 0 aliphatic rings. The van der Waals surface area contributed by atoms with Crippen LogP contribution in [-0.2, 0) is 14.3 Å². The molecule has 0 fully saturated rings. The normalized spacial score (nSPS) is 7.07. The lowest BCUT2D eigenvalue weighted by Gasteiger charge is -1.89. The van der Waals surface area contributed by atoms with E-state index in [1.54, 1.807) is 12.2 Å². The van der Waals surface area contributed by atoms with Gasteiger partial charge in [-0.15, -0.1) is 13.2 Å². The van der Waals surface area contributed by atoms with Gasteiger partial charge in [-0.05, 0) is 0 Å². The molecule has 0 atom stereocenters. The molecule has 0 spiro atoms. The Morgan fingerprint density at radius 3 is 1.40 bits per heavy atom. The van der Waals surface area contributed by atoms with Crippen molar-refractivity contribution in [2.75, 3.05) is 13.2 Å². The van der Waals surface area contributed by atoms with Crippen molar-refractivity contribution in [3.8, 4) is 0 Å². The molecule has 0 aliphatic heterocycles. The molecule has 0 aliphatic carbocycles. The lowest BCUT2D eigenvalue weighted by Crippen LogP contribution is -1.87. The van der Waals surface area contributed by atoms with Crippen molar-refractivity contribution < 1.29 is 24.5 Å². The lowest BCUT2D eigenvalue weighted by molar-refractivity contribution is -0.135. The van der Waals surface area contributed by atoms with Crippen LogP contribution in [0.3, 0.4) is 0 Å². The maximum absolute atomic E-state index is 9.00. The Morgan fingerprint density at radius 2 is 1.27 bits per heavy atom. The van der Waals surface area contributed by atoms with E-state index < -0.39 is 11.9 Å². The van der Waals surface area contributed by atoms with Gasteiger partial charge in [0.15, 0.2) is 0 Å². The second-order valence-electron chi connectivity index (χ2n) is 2.15. The zero-order chi connectivity index (χ0) is 12.7. The van der Waals surface area contributed by atoms with Crippen molar-refractivity contribution in [3.05, 3.63) is 25.3 Å². The lowest BCUT2D eigenvalue weighted by atomic mass is 10.6. The first-order chi connectivity index (χ1) is 6.88. The van der Waals surface area contributed by atoms with Crippen LogP contribution in [0.2, 0.25) is 0 Å². The van der Waals surface area contributed by atoms with Gasteiger partial charge in [-0.1, -0.05) is 12.2 Å². The van der Waals surface area contributed by atoms with E-state index in [4.69, 9.17) is 24.5 Å². The molecule has 5 heteroatoms. The van der Waals surface area contributed by atoms with Crippen LogP contribution in [0, 0.1) is 0 Å². The number of carboxylic acids is 2. The van der Waals surface area contributed by atoms with Crippen LogP contribution in [0.1, 0.15) is 13.8 Å². The van der Waals surface area contributed by atoms with Crippen LogP contribution < -0.4 is 0 Å². The van der Waals surface area contributed by atoms with Gasteiger partial charge in [0, 0.05) is 13.8 Å². The molecule has 2 N–H and O–H groups in total. The monoisotopic (exact) mass is 218 g/mol. The summed E-state index contributed by atoms with van der Waals surface area (Å²) in [5.41, 5.74) is 0. The minimum absolute atomic E-state index is 0.617. The Labute approximate surface area is 89.7 Å². The molecule has 0 bridgehead atoms. The summed E-state index contributed by atoms with van der Waals surface area (Å²) in [7, 11) is 0. The highest BCUT2D eigenvalue weighted by Crippen LogP contribution is 1.72. The quantitative estimate of drug-likeness (QED) is 0.552. The standard InChI is InChI=1S/C6H10O.2C2H4O2/c1-3-5-7-6-4-2;2*1-2(3)4/h3-4H,1-2,5-6H2;2*1H3,(H,3,4). The van der Waals surface area contributed by atoms with Gasteiger partial charge >= 0.3 is 0 Å². The summed E-state index contributed by atoms with van der Waals surface area (Å²) < 4.78 is 4.90. The number of aliphatic carboxylic acids is 2. The van der Waals surface area contributed by atoms with Gasteiger partial charge in [0.05, 0.1) is 13.2 Å². The molecule has 0 rings (SSSR count). The molecule has 0 unspecified atom stereocenters. The summed E-state index contributed by atoms with van der Waals surface area (Å²) in [5, 5.41) is 14.8. The van der Waals surface area contributed by atoms with Crippen LogP contribution >= 0.6 is 0 Å². The van der Waals surface area contributed by atoms with Crippen molar-refractivity contribution >= 4 is 11.9 Å². The highest BCUT2D eigenvalue weighted by Gasteiger charge is 1.70. The van der Waals surface area contributed by atoms with Crippen molar-refractivity contribution in [1.29, 1.82) is 0 Å².